The molecular weight excluding hydrogens is 306 g/mol. The molecule has 3 heterocycles. The molecule has 2 N–H and O–H groups in total. The fraction of sp³-hybridized carbons (Fsp3) is 0.375. The average molecular weight is 325 g/mol. The van der Waals surface area contributed by atoms with Crippen LogP contribution < -0.4 is 5.32 Å². The summed E-state index contributed by atoms with van der Waals surface area (Å²) in [6, 6.07) is 7.94. The first-order valence-corrected chi connectivity index (χ1v) is 7.95. The Labute approximate surface area is 139 Å². The third-order valence-electron chi connectivity index (χ3n) is 4.22. The molecule has 1 aliphatic rings. The van der Waals surface area contributed by atoms with E-state index in [9.17, 15) is 0 Å². The topological polar surface area (TPSA) is 95.8 Å². The van der Waals surface area contributed by atoms with Crippen molar-refractivity contribution < 1.29 is 4.52 Å². The number of aromatic nitrogens is 5. The van der Waals surface area contributed by atoms with E-state index >= 15 is 0 Å². The molecular formula is C16H19N7O. The Morgan fingerprint density at radius 1 is 1.25 bits per heavy atom. The van der Waals surface area contributed by atoms with Gasteiger partial charge in [0.1, 0.15) is 5.82 Å². The first-order chi connectivity index (χ1) is 11.7. The van der Waals surface area contributed by atoms with Crippen LogP contribution in [0.5, 0.6) is 0 Å². The summed E-state index contributed by atoms with van der Waals surface area (Å²) in [6.07, 6.45) is 0. The summed E-state index contributed by atoms with van der Waals surface area (Å²) in [7, 11) is 2.08. The van der Waals surface area contributed by atoms with Gasteiger partial charge in [0.05, 0.1) is 6.04 Å². The fourth-order valence-corrected chi connectivity index (χ4v) is 2.84. The van der Waals surface area contributed by atoms with E-state index in [0.717, 1.165) is 36.6 Å². The van der Waals surface area contributed by atoms with Gasteiger partial charge >= 0.3 is 0 Å². The lowest BCUT2D eigenvalue weighted by molar-refractivity contribution is 0.190. The molecule has 8 heteroatoms. The van der Waals surface area contributed by atoms with Gasteiger partial charge in [-0.15, -0.1) is 0 Å². The molecule has 1 fully saturated rings. The number of nitrogens with one attached hydrogen (secondary N) is 2. The SMILES string of the molecule is Cc1nc(-c2cccc(-c3nc(C4CNCCN4C)no3)c2)n[nH]1. The van der Waals surface area contributed by atoms with Gasteiger partial charge in [-0.25, -0.2) is 4.98 Å². The summed E-state index contributed by atoms with van der Waals surface area (Å²) in [5.74, 6) is 2.66. The second-order valence-corrected chi connectivity index (χ2v) is 5.98. The average Bonchev–Trinajstić information content (AvgIpc) is 3.25. The van der Waals surface area contributed by atoms with Gasteiger partial charge in [-0.2, -0.15) is 10.1 Å². The Bertz CT molecular complexity index is 840. The maximum absolute atomic E-state index is 5.48. The molecule has 24 heavy (non-hydrogen) atoms. The van der Waals surface area contributed by atoms with Crippen molar-refractivity contribution in [3.05, 3.63) is 35.9 Å². The zero-order chi connectivity index (χ0) is 16.5. The zero-order valence-corrected chi connectivity index (χ0v) is 13.7. The molecule has 124 valence electrons. The molecule has 0 amide bonds. The van der Waals surface area contributed by atoms with Crippen LogP contribution in [0.25, 0.3) is 22.8 Å². The highest BCUT2D eigenvalue weighted by molar-refractivity contribution is 5.64. The number of H-pyrrole nitrogens is 1. The van der Waals surface area contributed by atoms with Crippen molar-refractivity contribution in [1.29, 1.82) is 0 Å². The molecule has 0 bridgehead atoms. The first-order valence-electron chi connectivity index (χ1n) is 7.95. The van der Waals surface area contributed by atoms with Gasteiger partial charge in [-0.1, -0.05) is 17.3 Å². The van der Waals surface area contributed by atoms with E-state index in [4.69, 9.17) is 4.52 Å². The number of piperazine rings is 1. The lowest BCUT2D eigenvalue weighted by Crippen LogP contribution is -2.44. The molecule has 1 saturated heterocycles. The normalized spacial score (nSPS) is 18.8. The first kappa shape index (κ1) is 15.0. The minimum Gasteiger partial charge on any atom is -0.334 e. The molecule has 0 spiro atoms. The number of aryl methyl sites for hydroxylation is 1. The van der Waals surface area contributed by atoms with Crippen LogP contribution >= 0.6 is 0 Å². The number of benzene rings is 1. The van der Waals surface area contributed by atoms with E-state index in [1.807, 2.05) is 31.2 Å². The number of hydrogen-bond donors (Lipinski definition) is 2. The molecule has 4 rings (SSSR count). The van der Waals surface area contributed by atoms with Crippen LogP contribution in [0.1, 0.15) is 17.7 Å². The standard InChI is InChI=1S/C16H19N7O/c1-10-18-14(21-20-10)11-4-3-5-12(8-11)16-19-15(22-24-16)13-9-17-6-7-23(13)2/h3-5,8,13,17H,6-7,9H2,1-2H3,(H,18,20,21). The summed E-state index contributed by atoms with van der Waals surface area (Å²) in [6.45, 7) is 4.65. The van der Waals surface area contributed by atoms with Gasteiger partial charge in [0.15, 0.2) is 11.6 Å². The quantitative estimate of drug-likeness (QED) is 0.751. The van der Waals surface area contributed by atoms with Gasteiger partial charge in [-0.05, 0) is 26.1 Å². The maximum Gasteiger partial charge on any atom is 0.258 e. The number of likely N-dealkylation sites (N-methyl/N-ethyl adjacent to an activating group) is 1. The van der Waals surface area contributed by atoms with Crippen LogP contribution in [-0.2, 0) is 0 Å². The van der Waals surface area contributed by atoms with Gasteiger partial charge in [0, 0.05) is 30.8 Å². The summed E-state index contributed by atoms with van der Waals surface area (Å²) < 4.78 is 5.48. The third kappa shape index (κ3) is 2.81. The molecule has 8 nitrogen and oxygen atoms in total. The number of aromatic amines is 1. The van der Waals surface area contributed by atoms with Crippen LogP contribution in [0.15, 0.2) is 28.8 Å². The molecule has 1 aliphatic heterocycles. The van der Waals surface area contributed by atoms with E-state index in [2.05, 4.69) is 42.6 Å². The van der Waals surface area contributed by atoms with E-state index in [0.29, 0.717) is 17.5 Å². The van der Waals surface area contributed by atoms with Crippen LogP contribution in [0.3, 0.4) is 0 Å². The highest BCUT2D eigenvalue weighted by atomic mass is 16.5. The summed E-state index contributed by atoms with van der Waals surface area (Å²) in [4.78, 5) is 11.2. The number of nitrogens with zero attached hydrogens (tertiary/aromatic N) is 5. The molecule has 0 radical (unpaired) electrons. The van der Waals surface area contributed by atoms with Crippen LogP contribution in [0.4, 0.5) is 0 Å². The van der Waals surface area contributed by atoms with E-state index in [1.165, 1.54) is 0 Å². The van der Waals surface area contributed by atoms with Gasteiger partial charge in [-0.3, -0.25) is 10.00 Å². The summed E-state index contributed by atoms with van der Waals surface area (Å²) in [5.41, 5.74) is 1.77. The Kier molecular flexibility index (Phi) is 3.83. The molecule has 3 aromatic rings. The van der Waals surface area contributed by atoms with Crippen molar-refractivity contribution in [2.75, 3.05) is 26.7 Å². The van der Waals surface area contributed by atoms with Crippen molar-refractivity contribution in [3.63, 3.8) is 0 Å². The lowest BCUT2D eigenvalue weighted by Gasteiger charge is -2.30. The van der Waals surface area contributed by atoms with Crippen molar-refractivity contribution in [2.24, 2.45) is 0 Å². The predicted molar refractivity (Wildman–Crippen MR) is 88.1 cm³/mol. The summed E-state index contributed by atoms with van der Waals surface area (Å²) >= 11 is 0. The third-order valence-corrected chi connectivity index (χ3v) is 4.22. The second kappa shape index (κ2) is 6.14. The Morgan fingerprint density at radius 3 is 2.92 bits per heavy atom. The van der Waals surface area contributed by atoms with Gasteiger partial charge in [0.2, 0.25) is 0 Å². The lowest BCUT2D eigenvalue weighted by atomic mass is 10.1. The second-order valence-electron chi connectivity index (χ2n) is 5.98. The molecule has 2 aromatic heterocycles. The molecule has 0 aliphatic carbocycles. The Morgan fingerprint density at radius 2 is 2.12 bits per heavy atom. The van der Waals surface area contributed by atoms with Crippen LogP contribution in [0, 0.1) is 6.92 Å². The highest BCUT2D eigenvalue weighted by Crippen LogP contribution is 2.25. The minimum atomic E-state index is 0.134. The zero-order valence-electron chi connectivity index (χ0n) is 13.7. The van der Waals surface area contributed by atoms with Crippen molar-refractivity contribution >= 4 is 0 Å². The molecule has 1 aromatic carbocycles. The van der Waals surface area contributed by atoms with Gasteiger partial charge < -0.3 is 9.84 Å². The van der Waals surface area contributed by atoms with Crippen LogP contribution in [-0.4, -0.2) is 56.9 Å². The Balaban J connectivity index is 1.62. The van der Waals surface area contributed by atoms with E-state index in [1.54, 1.807) is 0 Å². The smallest absolute Gasteiger partial charge is 0.258 e. The van der Waals surface area contributed by atoms with Crippen molar-refractivity contribution in [3.8, 4) is 22.8 Å². The minimum absolute atomic E-state index is 0.134. The molecule has 1 atom stereocenters. The summed E-state index contributed by atoms with van der Waals surface area (Å²) in [5, 5.41) is 14.6. The van der Waals surface area contributed by atoms with Crippen molar-refractivity contribution in [2.45, 2.75) is 13.0 Å². The van der Waals surface area contributed by atoms with Crippen molar-refractivity contribution in [1.82, 2.24) is 35.5 Å². The van der Waals surface area contributed by atoms with Crippen LogP contribution in [0.2, 0.25) is 0 Å². The predicted octanol–water partition coefficient (Wildman–Crippen LogP) is 1.41. The highest BCUT2D eigenvalue weighted by Gasteiger charge is 2.25. The monoisotopic (exact) mass is 325 g/mol. The fourth-order valence-electron chi connectivity index (χ4n) is 2.84. The molecule has 1 unspecified atom stereocenters. The molecule has 0 saturated carbocycles. The largest absolute Gasteiger partial charge is 0.334 e. The van der Waals surface area contributed by atoms with Gasteiger partial charge in [0.25, 0.3) is 5.89 Å². The Hall–Kier alpha value is -2.58. The number of hydrogen-bond acceptors (Lipinski definition) is 7. The number of rotatable bonds is 3. The van der Waals surface area contributed by atoms with E-state index in [-0.39, 0.29) is 6.04 Å². The van der Waals surface area contributed by atoms with E-state index < -0.39 is 0 Å². The maximum atomic E-state index is 5.48.